The largest absolute Gasteiger partial charge is 0.443 e. The minimum Gasteiger partial charge on any atom is -0.443 e. The third-order valence-corrected chi connectivity index (χ3v) is 7.07. The molecule has 0 aromatic rings. The number of hydrogen-bond donors (Lipinski definition) is 0. The van der Waals surface area contributed by atoms with E-state index >= 15 is 0 Å². The quantitative estimate of drug-likeness (QED) is 0.442. The summed E-state index contributed by atoms with van der Waals surface area (Å²) in [6.07, 6.45) is 3.11. The lowest BCUT2D eigenvalue weighted by Gasteiger charge is -2.32. The highest BCUT2D eigenvalue weighted by molar-refractivity contribution is 7.89. The number of hydrogen-bond acceptors (Lipinski definition) is 4. The molecule has 0 heterocycles. The molecule has 0 aromatic heterocycles. The molecule has 0 radical (unpaired) electrons. The SMILES string of the molecule is C=CCC(CC=C)N(C(=O)OC(C)(C)C)S(=O)(=O)CC[Si](C)(C)C. The smallest absolute Gasteiger partial charge is 0.424 e. The lowest BCUT2D eigenvalue weighted by Crippen LogP contribution is -2.48. The maximum Gasteiger partial charge on any atom is 0.424 e. The average molecular weight is 376 g/mol. The summed E-state index contributed by atoms with van der Waals surface area (Å²) in [5.41, 5.74) is -0.767. The molecule has 0 N–H and O–H groups in total. The lowest BCUT2D eigenvalue weighted by atomic mass is 10.1. The minimum absolute atomic E-state index is 0.0489. The summed E-state index contributed by atoms with van der Waals surface area (Å²) in [6, 6.07) is 0.0327. The van der Waals surface area contributed by atoms with Crippen LogP contribution in [0.3, 0.4) is 0 Å². The van der Waals surface area contributed by atoms with Gasteiger partial charge in [0.15, 0.2) is 0 Å². The molecule has 0 aromatic carbocycles. The molecule has 1 amide bonds. The highest BCUT2D eigenvalue weighted by Gasteiger charge is 2.37. The van der Waals surface area contributed by atoms with Crippen LogP contribution >= 0.6 is 0 Å². The van der Waals surface area contributed by atoms with E-state index in [0.29, 0.717) is 18.9 Å². The van der Waals surface area contributed by atoms with Crippen molar-refractivity contribution in [1.29, 1.82) is 0 Å². The number of carbonyl (C=O) groups excluding carboxylic acids is 1. The van der Waals surface area contributed by atoms with Crippen molar-refractivity contribution >= 4 is 24.2 Å². The predicted molar refractivity (Wildman–Crippen MR) is 103 cm³/mol. The molecule has 0 bridgehead atoms. The van der Waals surface area contributed by atoms with Crippen LogP contribution in [0, 0.1) is 0 Å². The Morgan fingerprint density at radius 2 is 1.62 bits per heavy atom. The topological polar surface area (TPSA) is 63.7 Å². The molecule has 0 aliphatic heterocycles. The van der Waals surface area contributed by atoms with Crippen molar-refractivity contribution < 1.29 is 17.9 Å². The van der Waals surface area contributed by atoms with Gasteiger partial charge in [-0.3, -0.25) is 0 Å². The van der Waals surface area contributed by atoms with Crippen molar-refractivity contribution in [2.24, 2.45) is 0 Å². The molecular formula is C17H33NO4SSi. The van der Waals surface area contributed by atoms with Crippen LogP contribution in [-0.4, -0.2) is 44.3 Å². The summed E-state index contributed by atoms with van der Waals surface area (Å²) in [4.78, 5) is 12.6. The third-order valence-electron chi connectivity index (χ3n) is 3.19. The molecule has 7 heteroatoms. The van der Waals surface area contributed by atoms with Crippen molar-refractivity contribution in [3.8, 4) is 0 Å². The zero-order valence-electron chi connectivity index (χ0n) is 16.0. The summed E-state index contributed by atoms with van der Waals surface area (Å²) >= 11 is 0. The van der Waals surface area contributed by atoms with Crippen LogP contribution in [0.4, 0.5) is 4.79 Å². The fourth-order valence-corrected chi connectivity index (χ4v) is 6.57. The second kappa shape index (κ2) is 8.85. The van der Waals surface area contributed by atoms with E-state index in [1.165, 1.54) is 0 Å². The maximum atomic E-state index is 12.9. The van der Waals surface area contributed by atoms with E-state index in [1.807, 2.05) is 0 Å². The van der Waals surface area contributed by atoms with Crippen LogP contribution < -0.4 is 0 Å². The number of sulfonamides is 1. The van der Waals surface area contributed by atoms with Gasteiger partial charge in [0.25, 0.3) is 0 Å². The summed E-state index contributed by atoms with van der Waals surface area (Å²) in [7, 11) is -5.34. The van der Waals surface area contributed by atoms with Crippen LogP contribution in [-0.2, 0) is 14.8 Å². The summed E-state index contributed by atoms with van der Waals surface area (Å²) < 4.78 is 32.0. The van der Waals surface area contributed by atoms with Crippen molar-refractivity contribution in [3.63, 3.8) is 0 Å². The monoisotopic (exact) mass is 375 g/mol. The fourth-order valence-electron chi connectivity index (χ4n) is 2.00. The maximum absolute atomic E-state index is 12.9. The number of amides is 1. The molecule has 0 saturated carbocycles. The first-order chi connectivity index (χ1) is 10.7. The minimum atomic E-state index is -3.77. The van der Waals surface area contributed by atoms with Gasteiger partial charge in [-0.1, -0.05) is 31.8 Å². The molecular weight excluding hydrogens is 342 g/mol. The van der Waals surface area contributed by atoms with E-state index in [-0.39, 0.29) is 5.75 Å². The molecule has 0 rings (SSSR count). The van der Waals surface area contributed by atoms with Gasteiger partial charge in [-0.05, 0) is 39.7 Å². The lowest BCUT2D eigenvalue weighted by molar-refractivity contribution is 0.0341. The van der Waals surface area contributed by atoms with E-state index in [2.05, 4.69) is 32.8 Å². The van der Waals surface area contributed by atoms with E-state index in [1.54, 1.807) is 32.9 Å². The Morgan fingerprint density at radius 3 is 1.96 bits per heavy atom. The average Bonchev–Trinajstić information content (AvgIpc) is 2.34. The molecule has 0 saturated heterocycles. The van der Waals surface area contributed by atoms with Gasteiger partial charge in [0.05, 0.1) is 11.8 Å². The number of ether oxygens (including phenoxy) is 1. The van der Waals surface area contributed by atoms with E-state index in [4.69, 9.17) is 4.74 Å². The molecule has 0 fully saturated rings. The highest BCUT2D eigenvalue weighted by Crippen LogP contribution is 2.22. The first-order valence-corrected chi connectivity index (χ1v) is 13.5. The Kier molecular flexibility index (Phi) is 8.45. The number of rotatable bonds is 9. The highest BCUT2D eigenvalue weighted by atomic mass is 32.2. The molecule has 140 valence electrons. The van der Waals surface area contributed by atoms with Crippen LogP contribution in [0.2, 0.25) is 25.7 Å². The third kappa shape index (κ3) is 8.68. The van der Waals surface area contributed by atoms with Gasteiger partial charge >= 0.3 is 6.09 Å². The van der Waals surface area contributed by atoms with Gasteiger partial charge in [0, 0.05) is 8.07 Å². The zero-order chi connectivity index (χ0) is 19.2. The molecule has 5 nitrogen and oxygen atoms in total. The van der Waals surface area contributed by atoms with Gasteiger partial charge in [0.2, 0.25) is 10.0 Å². The summed E-state index contributed by atoms with van der Waals surface area (Å²) in [5, 5.41) is 0. The van der Waals surface area contributed by atoms with Crippen LogP contribution in [0.5, 0.6) is 0 Å². The standard InChI is InChI=1S/C17H33NO4SSi/c1-9-11-15(12-10-2)18(16(19)22-17(3,4)5)23(20,21)13-14-24(6,7)8/h9-10,15H,1-2,11-14H2,3-8H3. The van der Waals surface area contributed by atoms with Crippen LogP contribution in [0.1, 0.15) is 33.6 Å². The Hall–Kier alpha value is -1.08. The Balaban J connectivity index is 5.69. The first-order valence-electron chi connectivity index (χ1n) is 8.20. The molecule has 0 aliphatic rings. The second-order valence-electron chi connectivity index (χ2n) is 8.11. The van der Waals surface area contributed by atoms with E-state index in [9.17, 15) is 13.2 Å². The molecule has 0 spiro atoms. The second-order valence-corrected chi connectivity index (χ2v) is 15.7. The van der Waals surface area contributed by atoms with E-state index < -0.39 is 35.8 Å². The van der Waals surface area contributed by atoms with Gasteiger partial charge in [-0.15, -0.1) is 13.2 Å². The molecule has 0 atom stereocenters. The van der Waals surface area contributed by atoms with Crippen molar-refractivity contribution in [1.82, 2.24) is 4.31 Å². The first kappa shape index (κ1) is 22.9. The Labute approximate surface area is 148 Å². The zero-order valence-corrected chi connectivity index (χ0v) is 17.8. The molecule has 24 heavy (non-hydrogen) atoms. The van der Waals surface area contributed by atoms with Crippen LogP contribution in [0.25, 0.3) is 0 Å². The Bertz CT molecular complexity index is 534. The number of nitrogens with zero attached hydrogens (tertiary/aromatic N) is 1. The summed E-state index contributed by atoms with van der Waals surface area (Å²) in [6.45, 7) is 18.8. The predicted octanol–water partition coefficient (Wildman–Crippen LogP) is 4.41. The summed E-state index contributed by atoms with van der Waals surface area (Å²) in [5.74, 6) is -0.0489. The van der Waals surface area contributed by atoms with E-state index in [0.717, 1.165) is 4.31 Å². The molecule has 0 aliphatic carbocycles. The molecule has 0 unspecified atom stereocenters. The normalized spacial score (nSPS) is 12.8. The van der Waals surface area contributed by atoms with Crippen molar-refractivity contribution in [2.45, 2.75) is 70.9 Å². The van der Waals surface area contributed by atoms with Crippen molar-refractivity contribution in [3.05, 3.63) is 25.3 Å². The van der Waals surface area contributed by atoms with Gasteiger partial charge in [-0.2, -0.15) is 0 Å². The van der Waals surface area contributed by atoms with Crippen molar-refractivity contribution in [2.75, 3.05) is 5.75 Å². The van der Waals surface area contributed by atoms with Gasteiger partial charge in [0.1, 0.15) is 5.60 Å². The van der Waals surface area contributed by atoms with Crippen LogP contribution in [0.15, 0.2) is 25.3 Å². The Morgan fingerprint density at radius 1 is 1.17 bits per heavy atom. The van der Waals surface area contributed by atoms with Gasteiger partial charge in [-0.25, -0.2) is 17.5 Å². The fraction of sp³-hybridized carbons (Fsp3) is 0.706. The number of carbonyl (C=O) groups is 1. The van der Waals surface area contributed by atoms with Gasteiger partial charge < -0.3 is 4.74 Å².